The number of aromatic nitrogens is 3. The number of nitrogens with one attached hydrogen (secondary N) is 1. The van der Waals surface area contributed by atoms with E-state index < -0.39 is 0 Å². The number of amides is 1. The summed E-state index contributed by atoms with van der Waals surface area (Å²) in [6.07, 6.45) is 4.63. The zero-order valence-corrected chi connectivity index (χ0v) is 18.0. The third-order valence-electron chi connectivity index (χ3n) is 6.38. The third kappa shape index (κ3) is 3.88. The number of hydrogen-bond acceptors (Lipinski definition) is 6. The van der Waals surface area contributed by atoms with Gasteiger partial charge in [0.05, 0.1) is 5.69 Å². The van der Waals surface area contributed by atoms with Gasteiger partial charge in [-0.2, -0.15) is 0 Å². The van der Waals surface area contributed by atoms with Crippen LogP contribution < -0.4 is 15.1 Å². The molecule has 0 atom stereocenters. The second kappa shape index (κ2) is 8.53. The van der Waals surface area contributed by atoms with Crippen LogP contribution in [0.2, 0.25) is 0 Å². The molecule has 0 spiro atoms. The number of nitrogens with zero attached hydrogens (tertiary/aromatic N) is 5. The van der Waals surface area contributed by atoms with Crippen molar-refractivity contribution in [2.75, 3.05) is 36.5 Å². The van der Waals surface area contributed by atoms with Crippen molar-refractivity contribution in [2.45, 2.75) is 25.3 Å². The van der Waals surface area contributed by atoms with Gasteiger partial charge in [0, 0.05) is 50.2 Å². The molecule has 2 aliphatic heterocycles. The van der Waals surface area contributed by atoms with Crippen LogP contribution in [0.4, 0.5) is 15.9 Å². The van der Waals surface area contributed by atoms with Gasteiger partial charge in [-0.1, -0.05) is 6.07 Å². The van der Waals surface area contributed by atoms with Gasteiger partial charge >= 0.3 is 0 Å². The van der Waals surface area contributed by atoms with Crippen molar-refractivity contribution in [1.29, 1.82) is 0 Å². The highest BCUT2D eigenvalue weighted by Crippen LogP contribution is 2.33. The van der Waals surface area contributed by atoms with Gasteiger partial charge in [0.1, 0.15) is 11.5 Å². The first-order chi connectivity index (χ1) is 15.6. The van der Waals surface area contributed by atoms with Crippen LogP contribution in [0.1, 0.15) is 28.9 Å². The van der Waals surface area contributed by atoms with Crippen molar-refractivity contribution in [2.24, 2.45) is 0 Å². The number of benzene rings is 1. The summed E-state index contributed by atoms with van der Waals surface area (Å²) in [5, 5.41) is 11.4. The molecule has 8 heteroatoms. The molecule has 0 unspecified atom stereocenters. The average Bonchev–Trinajstić information content (AvgIpc) is 3.27. The number of halogens is 1. The van der Waals surface area contributed by atoms with E-state index in [1.807, 2.05) is 24.3 Å². The van der Waals surface area contributed by atoms with Crippen molar-refractivity contribution in [1.82, 2.24) is 20.5 Å². The maximum absolute atomic E-state index is 13.7. The van der Waals surface area contributed by atoms with Crippen molar-refractivity contribution in [3.05, 3.63) is 65.7 Å². The van der Waals surface area contributed by atoms with Gasteiger partial charge in [0.25, 0.3) is 5.91 Å². The SMILES string of the molecule is CNC(=O)c1ccc(-c2ccc(N3CCC(N4CCc5ccc(F)cc54)CC3)nn2)cn1. The number of carbonyl (C=O) groups excluding carboxylic acids is 1. The molecule has 2 aromatic heterocycles. The predicted octanol–water partition coefficient (Wildman–Crippen LogP) is 3.07. The van der Waals surface area contributed by atoms with Gasteiger partial charge in [-0.05, 0) is 61.2 Å². The molecule has 164 valence electrons. The summed E-state index contributed by atoms with van der Waals surface area (Å²) in [4.78, 5) is 20.5. The van der Waals surface area contributed by atoms with Gasteiger partial charge in [-0.3, -0.25) is 9.78 Å². The predicted molar refractivity (Wildman–Crippen MR) is 121 cm³/mol. The average molecular weight is 433 g/mol. The highest BCUT2D eigenvalue weighted by molar-refractivity contribution is 5.92. The fraction of sp³-hybridized carbons (Fsp3) is 0.333. The van der Waals surface area contributed by atoms with Crippen LogP contribution in [0.25, 0.3) is 11.3 Å². The number of anilines is 2. The first-order valence-corrected chi connectivity index (χ1v) is 10.9. The molecule has 1 fully saturated rings. The lowest BCUT2D eigenvalue weighted by Crippen LogP contribution is -2.44. The minimum absolute atomic E-state index is 0.165. The fourth-order valence-corrected chi connectivity index (χ4v) is 4.62. The van der Waals surface area contributed by atoms with Gasteiger partial charge in [0.15, 0.2) is 5.82 Å². The molecule has 1 N–H and O–H groups in total. The van der Waals surface area contributed by atoms with Crippen LogP contribution in [0.15, 0.2) is 48.7 Å². The maximum atomic E-state index is 13.7. The smallest absolute Gasteiger partial charge is 0.269 e. The molecule has 0 bridgehead atoms. The van der Waals surface area contributed by atoms with E-state index >= 15 is 0 Å². The highest BCUT2D eigenvalue weighted by atomic mass is 19.1. The Kier molecular flexibility index (Phi) is 5.43. The Bertz CT molecular complexity index is 1110. The van der Waals surface area contributed by atoms with Crippen LogP contribution >= 0.6 is 0 Å². The van der Waals surface area contributed by atoms with Gasteiger partial charge in [-0.15, -0.1) is 10.2 Å². The topological polar surface area (TPSA) is 74.2 Å². The Morgan fingerprint density at radius 1 is 1.06 bits per heavy atom. The normalized spacial score (nSPS) is 16.2. The van der Waals surface area contributed by atoms with Crippen molar-refractivity contribution in [3.8, 4) is 11.3 Å². The van der Waals surface area contributed by atoms with Crippen LogP contribution in [0, 0.1) is 5.82 Å². The lowest BCUT2D eigenvalue weighted by Gasteiger charge is -2.38. The van der Waals surface area contributed by atoms with Crippen molar-refractivity contribution < 1.29 is 9.18 Å². The molecule has 5 rings (SSSR count). The molecule has 1 saturated heterocycles. The molecule has 4 heterocycles. The summed E-state index contributed by atoms with van der Waals surface area (Å²) in [5.41, 5.74) is 4.20. The minimum atomic E-state index is -0.219. The zero-order valence-electron chi connectivity index (χ0n) is 18.0. The number of hydrogen-bond donors (Lipinski definition) is 1. The zero-order chi connectivity index (χ0) is 22.1. The van der Waals surface area contributed by atoms with E-state index in [4.69, 9.17) is 0 Å². The summed E-state index contributed by atoms with van der Waals surface area (Å²) in [5.74, 6) is 0.473. The molecular formula is C24H25FN6O. The van der Waals surface area contributed by atoms with Gasteiger partial charge < -0.3 is 15.1 Å². The Morgan fingerprint density at radius 3 is 2.59 bits per heavy atom. The summed E-state index contributed by atoms with van der Waals surface area (Å²) < 4.78 is 13.7. The second-order valence-electron chi connectivity index (χ2n) is 8.22. The fourth-order valence-electron chi connectivity index (χ4n) is 4.62. The number of fused-ring (bicyclic) bond motifs is 1. The van der Waals surface area contributed by atoms with E-state index in [9.17, 15) is 9.18 Å². The van der Waals surface area contributed by atoms with Crippen LogP contribution in [0.3, 0.4) is 0 Å². The van der Waals surface area contributed by atoms with E-state index in [-0.39, 0.29) is 11.7 Å². The quantitative estimate of drug-likeness (QED) is 0.683. The van der Waals surface area contributed by atoms with E-state index in [1.54, 1.807) is 31.4 Å². The number of pyridine rings is 1. The van der Waals surface area contributed by atoms with Gasteiger partial charge in [0.2, 0.25) is 0 Å². The Balaban J connectivity index is 1.22. The Hall–Kier alpha value is -3.55. The van der Waals surface area contributed by atoms with Crippen molar-refractivity contribution in [3.63, 3.8) is 0 Å². The number of carbonyl (C=O) groups is 1. The highest BCUT2D eigenvalue weighted by Gasteiger charge is 2.30. The lowest BCUT2D eigenvalue weighted by atomic mass is 10.0. The first-order valence-electron chi connectivity index (χ1n) is 10.9. The summed E-state index contributed by atoms with van der Waals surface area (Å²) in [6, 6.07) is 13.0. The molecule has 0 aliphatic carbocycles. The summed E-state index contributed by atoms with van der Waals surface area (Å²) in [7, 11) is 1.58. The molecule has 0 radical (unpaired) electrons. The number of piperidine rings is 1. The molecular weight excluding hydrogens is 407 g/mol. The van der Waals surface area contributed by atoms with E-state index in [2.05, 4.69) is 30.3 Å². The molecule has 2 aliphatic rings. The molecule has 32 heavy (non-hydrogen) atoms. The largest absolute Gasteiger partial charge is 0.368 e. The van der Waals surface area contributed by atoms with Crippen molar-refractivity contribution >= 4 is 17.4 Å². The first kappa shape index (κ1) is 20.4. The monoisotopic (exact) mass is 432 g/mol. The Morgan fingerprint density at radius 2 is 1.91 bits per heavy atom. The molecule has 3 aromatic rings. The minimum Gasteiger partial charge on any atom is -0.368 e. The van der Waals surface area contributed by atoms with Crippen LogP contribution in [-0.2, 0) is 6.42 Å². The maximum Gasteiger partial charge on any atom is 0.269 e. The molecule has 7 nitrogen and oxygen atoms in total. The lowest BCUT2D eigenvalue weighted by molar-refractivity contribution is 0.0958. The molecule has 0 saturated carbocycles. The molecule has 1 amide bonds. The van der Waals surface area contributed by atoms with E-state index in [0.717, 1.165) is 61.7 Å². The summed E-state index contributed by atoms with van der Waals surface area (Å²) >= 11 is 0. The number of rotatable bonds is 4. The second-order valence-corrected chi connectivity index (χ2v) is 8.22. The van der Waals surface area contributed by atoms with Crippen LogP contribution in [-0.4, -0.2) is 53.8 Å². The standard InChI is InChI=1S/C24H25FN6O/c1-26-24(32)21-5-3-17(15-27-21)20-6-7-23(29-28-20)30-11-9-19(10-12-30)31-13-8-16-2-4-18(25)14-22(16)31/h2-7,14-15,19H,8-13H2,1H3,(H,26,32). The van der Waals surface area contributed by atoms with E-state index in [1.165, 1.54) is 5.56 Å². The van der Waals surface area contributed by atoms with Crippen LogP contribution in [0.5, 0.6) is 0 Å². The Labute approximate surface area is 186 Å². The molecule has 1 aromatic carbocycles. The summed E-state index contributed by atoms with van der Waals surface area (Å²) in [6.45, 7) is 2.75. The third-order valence-corrected chi connectivity index (χ3v) is 6.38. The van der Waals surface area contributed by atoms with Gasteiger partial charge in [-0.25, -0.2) is 4.39 Å². The van der Waals surface area contributed by atoms with E-state index in [0.29, 0.717) is 11.7 Å².